The van der Waals surface area contributed by atoms with Gasteiger partial charge in [-0.25, -0.2) is 0 Å². The molecule has 0 aliphatic heterocycles. The summed E-state index contributed by atoms with van der Waals surface area (Å²) in [6.45, 7) is 6.25. The summed E-state index contributed by atoms with van der Waals surface area (Å²) >= 11 is 0. The molecule has 3 rings (SSSR count). The molecule has 0 fully saturated rings. The minimum Gasteiger partial charge on any atom is -0.497 e. The van der Waals surface area contributed by atoms with E-state index in [1.54, 1.807) is 19.1 Å². The molecule has 26 heavy (non-hydrogen) atoms. The van der Waals surface area contributed by atoms with Crippen molar-refractivity contribution in [2.75, 3.05) is 14.2 Å². The molecule has 0 bridgehead atoms. The first-order chi connectivity index (χ1) is 12.4. The van der Waals surface area contributed by atoms with Crippen molar-refractivity contribution in [3.63, 3.8) is 0 Å². The third kappa shape index (κ3) is 3.35. The summed E-state index contributed by atoms with van der Waals surface area (Å²) in [7, 11) is 3.44. The van der Waals surface area contributed by atoms with Crippen LogP contribution in [0.4, 0.5) is 0 Å². The zero-order valence-electron chi connectivity index (χ0n) is 15.7. The van der Waals surface area contributed by atoms with Crippen LogP contribution >= 0.6 is 0 Å². The highest BCUT2D eigenvalue weighted by atomic mass is 16.5. The Morgan fingerprint density at radius 2 is 1.88 bits per heavy atom. The van der Waals surface area contributed by atoms with Gasteiger partial charge in [0.2, 0.25) is 0 Å². The normalized spacial score (nSPS) is 10.8. The predicted molar refractivity (Wildman–Crippen MR) is 98.8 cm³/mol. The third-order valence-corrected chi connectivity index (χ3v) is 4.43. The molecule has 0 spiro atoms. The molecule has 6 nitrogen and oxygen atoms in total. The molecule has 2 aromatic heterocycles. The van der Waals surface area contributed by atoms with Crippen molar-refractivity contribution in [1.29, 1.82) is 0 Å². The average molecular weight is 353 g/mol. The highest BCUT2D eigenvalue weighted by Gasteiger charge is 2.21. The second kappa shape index (κ2) is 7.07. The lowest BCUT2D eigenvalue weighted by molar-refractivity contribution is 0.0784. The molecular formula is C20H23N3O3. The molecule has 3 aromatic rings. The highest BCUT2D eigenvalue weighted by Crippen LogP contribution is 2.22. The van der Waals surface area contributed by atoms with Gasteiger partial charge in [0.1, 0.15) is 11.5 Å². The number of hydrogen-bond donors (Lipinski definition) is 0. The molecule has 0 N–H and O–H groups in total. The van der Waals surface area contributed by atoms with Gasteiger partial charge in [0.05, 0.1) is 12.7 Å². The van der Waals surface area contributed by atoms with Gasteiger partial charge in [0, 0.05) is 31.0 Å². The number of nitrogens with zero attached hydrogens (tertiary/aromatic N) is 3. The van der Waals surface area contributed by atoms with Crippen molar-refractivity contribution in [3.8, 4) is 11.6 Å². The van der Waals surface area contributed by atoms with Crippen LogP contribution in [-0.4, -0.2) is 34.7 Å². The van der Waals surface area contributed by atoms with E-state index in [9.17, 15) is 4.79 Å². The number of carbonyl (C=O) groups is 1. The molecule has 6 heteroatoms. The molecule has 0 aliphatic rings. The average Bonchev–Trinajstić information content (AvgIpc) is 3.17. The summed E-state index contributed by atoms with van der Waals surface area (Å²) in [5.41, 5.74) is 3.50. The molecule has 0 unspecified atom stereocenters. The van der Waals surface area contributed by atoms with Gasteiger partial charge in [-0.05, 0) is 44.5 Å². The molecule has 0 saturated carbocycles. The van der Waals surface area contributed by atoms with Gasteiger partial charge in [-0.3, -0.25) is 9.36 Å². The predicted octanol–water partition coefficient (Wildman–Crippen LogP) is 3.67. The summed E-state index contributed by atoms with van der Waals surface area (Å²) in [4.78, 5) is 14.6. The fraction of sp³-hybridized carbons (Fsp3) is 0.300. The summed E-state index contributed by atoms with van der Waals surface area (Å²) in [6.07, 6.45) is 0. The van der Waals surface area contributed by atoms with Gasteiger partial charge in [-0.2, -0.15) is 0 Å². The van der Waals surface area contributed by atoms with E-state index in [1.165, 1.54) is 0 Å². The topological polar surface area (TPSA) is 60.5 Å². The summed E-state index contributed by atoms with van der Waals surface area (Å²) in [6, 6.07) is 11.5. The fourth-order valence-corrected chi connectivity index (χ4v) is 3.07. The fourth-order valence-electron chi connectivity index (χ4n) is 3.07. The first-order valence-corrected chi connectivity index (χ1v) is 8.41. The van der Waals surface area contributed by atoms with E-state index in [0.717, 1.165) is 28.5 Å². The Hall–Kier alpha value is -3.02. The van der Waals surface area contributed by atoms with Crippen LogP contribution < -0.4 is 4.74 Å². The van der Waals surface area contributed by atoms with Crippen molar-refractivity contribution in [1.82, 2.24) is 14.6 Å². The van der Waals surface area contributed by atoms with Crippen molar-refractivity contribution in [2.45, 2.75) is 27.3 Å². The van der Waals surface area contributed by atoms with Crippen LogP contribution in [0.15, 0.2) is 40.9 Å². The van der Waals surface area contributed by atoms with Crippen molar-refractivity contribution < 1.29 is 14.1 Å². The SMILES string of the molecule is COc1ccc(CN(C)C(=O)c2cc(C)n(-c3cc(C)on3)c2C)cc1. The Morgan fingerprint density at radius 3 is 2.46 bits per heavy atom. The van der Waals surface area contributed by atoms with Gasteiger partial charge in [0.25, 0.3) is 5.91 Å². The Balaban J connectivity index is 1.82. The maximum atomic E-state index is 12.9. The molecular weight excluding hydrogens is 330 g/mol. The zero-order chi connectivity index (χ0) is 18.8. The summed E-state index contributed by atoms with van der Waals surface area (Å²) in [5.74, 6) is 2.20. The van der Waals surface area contributed by atoms with E-state index in [0.29, 0.717) is 17.9 Å². The Bertz CT molecular complexity index is 922. The number of aromatic nitrogens is 2. The standard InChI is InChI=1S/C20H23N3O3/c1-13-10-18(15(3)23(13)19-11-14(2)26-21-19)20(24)22(4)12-16-6-8-17(25-5)9-7-16/h6-11H,12H2,1-5H3. The molecule has 1 aromatic carbocycles. The third-order valence-electron chi connectivity index (χ3n) is 4.43. The molecule has 2 heterocycles. The van der Waals surface area contributed by atoms with Crippen LogP contribution in [-0.2, 0) is 6.54 Å². The monoisotopic (exact) mass is 353 g/mol. The minimum atomic E-state index is -0.0274. The van der Waals surface area contributed by atoms with E-state index in [1.807, 2.05) is 61.7 Å². The van der Waals surface area contributed by atoms with Gasteiger partial charge in [0.15, 0.2) is 5.82 Å². The van der Waals surface area contributed by atoms with Gasteiger partial charge in [-0.1, -0.05) is 17.3 Å². The molecule has 0 saturated heterocycles. The quantitative estimate of drug-likeness (QED) is 0.702. The van der Waals surface area contributed by atoms with Crippen LogP contribution in [0.25, 0.3) is 5.82 Å². The number of hydrogen-bond acceptors (Lipinski definition) is 4. The van der Waals surface area contributed by atoms with Crippen LogP contribution in [0.1, 0.15) is 33.1 Å². The number of benzene rings is 1. The summed E-state index contributed by atoms with van der Waals surface area (Å²) < 4.78 is 12.3. The Kier molecular flexibility index (Phi) is 4.84. The van der Waals surface area contributed by atoms with Crippen LogP contribution in [0, 0.1) is 20.8 Å². The number of carbonyl (C=O) groups excluding carboxylic acids is 1. The van der Waals surface area contributed by atoms with Crippen molar-refractivity contribution in [2.24, 2.45) is 0 Å². The van der Waals surface area contributed by atoms with Crippen molar-refractivity contribution in [3.05, 3.63) is 64.7 Å². The minimum absolute atomic E-state index is 0.0274. The number of amides is 1. The smallest absolute Gasteiger partial charge is 0.255 e. The summed E-state index contributed by atoms with van der Waals surface area (Å²) in [5, 5.41) is 4.06. The molecule has 0 aliphatic carbocycles. The number of ether oxygens (including phenoxy) is 1. The largest absolute Gasteiger partial charge is 0.497 e. The van der Waals surface area contributed by atoms with Crippen LogP contribution in [0.3, 0.4) is 0 Å². The Labute approximate surface area is 153 Å². The highest BCUT2D eigenvalue weighted by molar-refractivity contribution is 5.95. The van der Waals surface area contributed by atoms with E-state index in [4.69, 9.17) is 9.26 Å². The van der Waals surface area contributed by atoms with E-state index in [2.05, 4.69) is 5.16 Å². The zero-order valence-corrected chi connectivity index (χ0v) is 15.7. The first kappa shape index (κ1) is 17.8. The first-order valence-electron chi connectivity index (χ1n) is 8.41. The van der Waals surface area contributed by atoms with E-state index in [-0.39, 0.29) is 5.91 Å². The van der Waals surface area contributed by atoms with Gasteiger partial charge in [-0.15, -0.1) is 0 Å². The number of rotatable bonds is 5. The molecule has 1 amide bonds. The molecule has 0 radical (unpaired) electrons. The molecule has 0 atom stereocenters. The van der Waals surface area contributed by atoms with Gasteiger partial charge < -0.3 is 14.2 Å². The van der Waals surface area contributed by atoms with E-state index >= 15 is 0 Å². The van der Waals surface area contributed by atoms with Crippen LogP contribution in [0.2, 0.25) is 0 Å². The second-order valence-electron chi connectivity index (χ2n) is 6.43. The lowest BCUT2D eigenvalue weighted by Crippen LogP contribution is -2.26. The number of methoxy groups -OCH3 is 1. The lowest BCUT2D eigenvalue weighted by Gasteiger charge is -2.17. The van der Waals surface area contributed by atoms with E-state index < -0.39 is 0 Å². The molecule has 136 valence electrons. The second-order valence-corrected chi connectivity index (χ2v) is 6.43. The van der Waals surface area contributed by atoms with Crippen LogP contribution in [0.5, 0.6) is 5.75 Å². The maximum absolute atomic E-state index is 12.9. The maximum Gasteiger partial charge on any atom is 0.255 e. The van der Waals surface area contributed by atoms with Gasteiger partial charge >= 0.3 is 0 Å². The Morgan fingerprint density at radius 1 is 1.19 bits per heavy atom. The number of aryl methyl sites for hydroxylation is 2. The van der Waals surface area contributed by atoms with Crippen molar-refractivity contribution >= 4 is 5.91 Å². The lowest BCUT2D eigenvalue weighted by atomic mass is 10.1.